The van der Waals surface area contributed by atoms with Gasteiger partial charge in [-0.05, 0) is 112 Å². The summed E-state index contributed by atoms with van der Waals surface area (Å²) < 4.78 is 1.93. The molecule has 7 heteroatoms. The lowest BCUT2D eigenvalue weighted by molar-refractivity contribution is 0.0702. The van der Waals surface area contributed by atoms with E-state index in [1.54, 1.807) is 6.07 Å². The third kappa shape index (κ3) is 6.26. The molecule has 1 aromatic heterocycles. The van der Waals surface area contributed by atoms with E-state index < -0.39 is 0 Å². The van der Waals surface area contributed by atoms with E-state index in [0.29, 0.717) is 27.7 Å². The van der Waals surface area contributed by atoms with Crippen LogP contribution in [0.1, 0.15) is 57.2 Å². The predicted octanol–water partition coefficient (Wildman–Crippen LogP) is 8.34. The SMILES string of the molecule is Cc1c(CNCCCNC2C(C)CC3CC(C)CC2C3)nn(-c2ccc(Cl)cc2Cl)c1-c1ccc(Cl)cc1. The number of halogens is 3. The minimum Gasteiger partial charge on any atom is -0.313 e. The van der Waals surface area contributed by atoms with E-state index in [1.165, 1.54) is 25.7 Å². The minimum atomic E-state index is 0.566. The van der Waals surface area contributed by atoms with Crippen molar-refractivity contribution in [3.8, 4) is 16.9 Å². The van der Waals surface area contributed by atoms with Gasteiger partial charge in [-0.25, -0.2) is 4.68 Å². The Hall–Kier alpha value is -1.56. The molecule has 2 bridgehead atoms. The van der Waals surface area contributed by atoms with Gasteiger partial charge in [0.25, 0.3) is 0 Å². The molecule has 0 amide bonds. The first kappa shape index (κ1) is 28.0. The molecule has 5 atom stereocenters. The molecule has 2 N–H and O–H groups in total. The Morgan fingerprint density at radius 2 is 1.68 bits per heavy atom. The van der Waals surface area contributed by atoms with Crippen LogP contribution in [-0.4, -0.2) is 28.9 Å². The summed E-state index contributed by atoms with van der Waals surface area (Å²) in [6.45, 7) is 9.72. The molecular formula is C31H39Cl3N4. The zero-order chi connectivity index (χ0) is 26.8. The molecule has 5 rings (SSSR count). The zero-order valence-corrected chi connectivity index (χ0v) is 24.9. The summed E-state index contributed by atoms with van der Waals surface area (Å²) in [5, 5.41) is 14.4. The first-order chi connectivity index (χ1) is 18.3. The summed E-state index contributed by atoms with van der Waals surface area (Å²) in [4.78, 5) is 0. The molecule has 0 radical (unpaired) electrons. The maximum absolute atomic E-state index is 6.60. The summed E-state index contributed by atoms with van der Waals surface area (Å²) in [5.74, 6) is 3.50. The van der Waals surface area contributed by atoms with Crippen LogP contribution in [0, 0.1) is 30.6 Å². The Balaban J connectivity index is 1.22. The second kappa shape index (κ2) is 12.3. The molecule has 204 valence electrons. The molecular weight excluding hydrogens is 535 g/mol. The first-order valence-electron chi connectivity index (χ1n) is 14.0. The second-order valence-electron chi connectivity index (χ2n) is 11.6. The van der Waals surface area contributed by atoms with Gasteiger partial charge in [0.15, 0.2) is 0 Å². The van der Waals surface area contributed by atoms with Crippen LogP contribution in [0.4, 0.5) is 0 Å². The van der Waals surface area contributed by atoms with Gasteiger partial charge in [-0.2, -0.15) is 5.10 Å². The highest BCUT2D eigenvalue weighted by molar-refractivity contribution is 6.35. The molecule has 2 fully saturated rings. The topological polar surface area (TPSA) is 41.9 Å². The molecule has 0 spiro atoms. The number of nitrogens with zero attached hydrogens (tertiary/aromatic N) is 2. The van der Waals surface area contributed by atoms with E-state index in [-0.39, 0.29) is 0 Å². The number of hydrogen-bond acceptors (Lipinski definition) is 3. The maximum atomic E-state index is 6.60. The van der Waals surface area contributed by atoms with Crippen molar-refractivity contribution in [2.24, 2.45) is 23.7 Å². The zero-order valence-electron chi connectivity index (χ0n) is 22.6. The monoisotopic (exact) mass is 572 g/mol. The Labute approximate surface area is 242 Å². The molecule has 3 aromatic rings. The van der Waals surface area contributed by atoms with Crippen LogP contribution in [-0.2, 0) is 6.54 Å². The van der Waals surface area contributed by atoms with Gasteiger partial charge < -0.3 is 10.6 Å². The van der Waals surface area contributed by atoms with Crippen LogP contribution in [0.2, 0.25) is 15.1 Å². The summed E-state index contributed by atoms with van der Waals surface area (Å²) in [6, 6.07) is 14.1. The molecule has 4 nitrogen and oxygen atoms in total. The smallest absolute Gasteiger partial charge is 0.0840 e. The quantitative estimate of drug-likeness (QED) is 0.253. The predicted molar refractivity (Wildman–Crippen MR) is 161 cm³/mol. The van der Waals surface area contributed by atoms with Crippen molar-refractivity contribution in [1.82, 2.24) is 20.4 Å². The Morgan fingerprint density at radius 1 is 0.921 bits per heavy atom. The lowest BCUT2D eigenvalue weighted by Gasteiger charge is -2.46. The molecule has 38 heavy (non-hydrogen) atoms. The second-order valence-corrected chi connectivity index (χ2v) is 12.9. The van der Waals surface area contributed by atoms with E-state index in [0.717, 1.165) is 71.4 Å². The summed E-state index contributed by atoms with van der Waals surface area (Å²) in [5.41, 5.74) is 5.00. The van der Waals surface area contributed by atoms with Gasteiger partial charge in [-0.3, -0.25) is 0 Å². The molecule has 0 saturated heterocycles. The van der Waals surface area contributed by atoms with Crippen molar-refractivity contribution < 1.29 is 0 Å². The van der Waals surface area contributed by atoms with Crippen LogP contribution >= 0.6 is 34.8 Å². The highest BCUT2D eigenvalue weighted by Gasteiger charge is 2.39. The molecule has 1 heterocycles. The Kier molecular flexibility index (Phi) is 9.06. The third-order valence-electron chi connectivity index (χ3n) is 8.58. The number of fused-ring (bicyclic) bond motifs is 2. The van der Waals surface area contributed by atoms with Crippen molar-refractivity contribution in [2.75, 3.05) is 13.1 Å². The number of nitrogens with one attached hydrogen (secondary N) is 2. The lowest BCUT2D eigenvalue weighted by atomic mass is 9.63. The van der Waals surface area contributed by atoms with Crippen molar-refractivity contribution >= 4 is 34.8 Å². The molecule has 0 aliphatic heterocycles. The number of benzene rings is 2. The number of rotatable bonds is 9. The third-order valence-corrected chi connectivity index (χ3v) is 9.37. The largest absolute Gasteiger partial charge is 0.313 e. The average molecular weight is 574 g/mol. The minimum absolute atomic E-state index is 0.566. The molecule has 2 aliphatic carbocycles. The van der Waals surface area contributed by atoms with E-state index in [2.05, 4.69) is 31.4 Å². The molecule has 2 saturated carbocycles. The normalized spacial score (nSPS) is 25.1. The standard InChI is InChI=1S/C31H39Cl3N4/c1-19-13-22-15-20(2)30(24(14-19)16-22)36-12-4-11-35-18-28-21(3)31(23-5-7-25(32)8-6-23)38(37-28)29-10-9-26(33)17-27(29)34/h5-10,17,19-20,22,24,30,35-36H,4,11-16,18H2,1-3H3. The summed E-state index contributed by atoms with van der Waals surface area (Å²) in [7, 11) is 0. The first-order valence-corrected chi connectivity index (χ1v) is 15.2. The van der Waals surface area contributed by atoms with E-state index in [1.807, 2.05) is 41.1 Å². The van der Waals surface area contributed by atoms with Crippen LogP contribution in [0.15, 0.2) is 42.5 Å². The van der Waals surface area contributed by atoms with Crippen LogP contribution in [0.3, 0.4) is 0 Å². The highest BCUT2D eigenvalue weighted by atomic mass is 35.5. The maximum Gasteiger partial charge on any atom is 0.0840 e. The number of aromatic nitrogens is 2. The van der Waals surface area contributed by atoms with Gasteiger partial charge in [-0.15, -0.1) is 0 Å². The van der Waals surface area contributed by atoms with E-state index in [4.69, 9.17) is 39.9 Å². The van der Waals surface area contributed by atoms with Crippen molar-refractivity contribution in [3.05, 3.63) is 68.8 Å². The summed E-state index contributed by atoms with van der Waals surface area (Å²) >= 11 is 18.9. The fourth-order valence-electron chi connectivity index (χ4n) is 6.97. The van der Waals surface area contributed by atoms with Crippen molar-refractivity contribution in [2.45, 2.75) is 65.5 Å². The fourth-order valence-corrected chi connectivity index (χ4v) is 7.58. The van der Waals surface area contributed by atoms with Crippen molar-refractivity contribution in [1.29, 1.82) is 0 Å². The van der Waals surface area contributed by atoms with Gasteiger partial charge in [0, 0.05) is 28.2 Å². The van der Waals surface area contributed by atoms with E-state index in [9.17, 15) is 0 Å². The Bertz CT molecular complexity index is 1230. The number of hydrogen-bond donors (Lipinski definition) is 2. The highest BCUT2D eigenvalue weighted by Crippen LogP contribution is 2.44. The summed E-state index contributed by atoms with van der Waals surface area (Å²) in [6.07, 6.45) is 6.76. The van der Waals surface area contributed by atoms with Crippen LogP contribution < -0.4 is 10.6 Å². The van der Waals surface area contributed by atoms with Crippen LogP contribution in [0.5, 0.6) is 0 Å². The van der Waals surface area contributed by atoms with Gasteiger partial charge in [0.05, 0.1) is 22.1 Å². The van der Waals surface area contributed by atoms with Gasteiger partial charge in [0.2, 0.25) is 0 Å². The van der Waals surface area contributed by atoms with Crippen molar-refractivity contribution in [3.63, 3.8) is 0 Å². The van der Waals surface area contributed by atoms with Gasteiger partial charge in [0.1, 0.15) is 0 Å². The molecule has 2 aromatic carbocycles. The lowest BCUT2D eigenvalue weighted by Crippen LogP contribution is -2.49. The Morgan fingerprint density at radius 3 is 2.45 bits per heavy atom. The van der Waals surface area contributed by atoms with E-state index >= 15 is 0 Å². The fraction of sp³-hybridized carbons (Fsp3) is 0.516. The van der Waals surface area contributed by atoms with Gasteiger partial charge in [-0.1, -0.05) is 60.8 Å². The average Bonchev–Trinajstić information content (AvgIpc) is 3.18. The molecule has 2 aliphatic rings. The van der Waals surface area contributed by atoms with Crippen LogP contribution in [0.25, 0.3) is 16.9 Å². The van der Waals surface area contributed by atoms with Gasteiger partial charge >= 0.3 is 0 Å². The molecule has 5 unspecified atom stereocenters.